The van der Waals surface area contributed by atoms with Crippen LogP contribution < -0.4 is 10.2 Å². The lowest BCUT2D eigenvalue weighted by Gasteiger charge is -2.35. The molecule has 1 aromatic carbocycles. The number of halogens is 1. The minimum absolute atomic E-state index is 0.0485. The molecule has 2 amide bonds. The zero-order valence-electron chi connectivity index (χ0n) is 21.7. The lowest BCUT2D eigenvalue weighted by atomic mass is 9.94. The van der Waals surface area contributed by atoms with E-state index in [0.29, 0.717) is 63.2 Å². The molecule has 36 heavy (non-hydrogen) atoms. The summed E-state index contributed by atoms with van der Waals surface area (Å²) in [6.45, 7) is 10.8. The van der Waals surface area contributed by atoms with Gasteiger partial charge in [0, 0.05) is 51.3 Å². The average Bonchev–Trinajstić information content (AvgIpc) is 3.17. The third-order valence-corrected chi connectivity index (χ3v) is 6.75. The molecule has 2 aromatic rings. The van der Waals surface area contributed by atoms with E-state index in [1.807, 2.05) is 11.8 Å². The quantitative estimate of drug-likeness (QED) is 0.599. The number of ether oxygens (including phenoxy) is 1. The first kappa shape index (κ1) is 25.8. The van der Waals surface area contributed by atoms with Gasteiger partial charge in [-0.2, -0.15) is 4.98 Å². The Bertz CT molecular complexity index is 1120. The van der Waals surface area contributed by atoms with Gasteiger partial charge < -0.3 is 24.8 Å². The maximum atomic E-state index is 13.4. The zero-order valence-corrected chi connectivity index (χ0v) is 21.7. The van der Waals surface area contributed by atoms with Crippen LogP contribution in [0.3, 0.4) is 0 Å². The van der Waals surface area contributed by atoms with Crippen LogP contribution >= 0.6 is 0 Å². The number of piperazine rings is 1. The summed E-state index contributed by atoms with van der Waals surface area (Å²) in [5, 5.41) is 3.55. The van der Waals surface area contributed by atoms with Crippen molar-refractivity contribution < 1.29 is 18.7 Å². The van der Waals surface area contributed by atoms with Crippen LogP contribution in [0.2, 0.25) is 0 Å². The molecule has 4 rings (SSSR count). The first-order valence-corrected chi connectivity index (χ1v) is 12.3. The fourth-order valence-corrected chi connectivity index (χ4v) is 4.81. The Kier molecular flexibility index (Phi) is 7.44. The van der Waals surface area contributed by atoms with E-state index in [0.717, 1.165) is 11.1 Å². The van der Waals surface area contributed by atoms with Gasteiger partial charge in [0.25, 0.3) is 5.91 Å². The van der Waals surface area contributed by atoms with Crippen molar-refractivity contribution in [2.75, 3.05) is 50.1 Å². The summed E-state index contributed by atoms with van der Waals surface area (Å²) in [4.78, 5) is 40.3. The molecule has 1 atom stereocenters. The average molecular weight is 499 g/mol. The monoisotopic (exact) mass is 498 g/mol. The van der Waals surface area contributed by atoms with Crippen molar-refractivity contribution >= 4 is 23.6 Å². The molecule has 194 valence electrons. The molecule has 1 unspecified atom stereocenters. The first-order chi connectivity index (χ1) is 17.1. The number of benzene rings is 1. The summed E-state index contributed by atoms with van der Waals surface area (Å²) in [5.41, 5.74) is 1.73. The number of carbonyl (C=O) groups excluding carboxylic acids is 2. The highest BCUT2D eigenvalue weighted by atomic mass is 19.1. The molecule has 9 nitrogen and oxygen atoms in total. The van der Waals surface area contributed by atoms with Gasteiger partial charge in [0.2, 0.25) is 11.9 Å². The minimum Gasteiger partial charge on any atom is -0.383 e. The van der Waals surface area contributed by atoms with E-state index in [2.05, 4.69) is 19.2 Å². The second kappa shape index (κ2) is 10.4. The van der Waals surface area contributed by atoms with E-state index in [4.69, 9.17) is 14.7 Å². The van der Waals surface area contributed by atoms with Crippen LogP contribution in [0.15, 0.2) is 24.3 Å². The van der Waals surface area contributed by atoms with Crippen molar-refractivity contribution in [3.63, 3.8) is 0 Å². The highest BCUT2D eigenvalue weighted by molar-refractivity contribution is 5.98. The Balaban J connectivity index is 1.64. The van der Waals surface area contributed by atoms with Crippen molar-refractivity contribution in [3.8, 4) is 0 Å². The second-order valence-corrected chi connectivity index (χ2v) is 10.2. The van der Waals surface area contributed by atoms with Gasteiger partial charge in [-0.3, -0.25) is 9.59 Å². The molecule has 3 heterocycles. The molecule has 0 radical (unpaired) electrons. The highest BCUT2D eigenvalue weighted by Crippen LogP contribution is 2.33. The van der Waals surface area contributed by atoms with Gasteiger partial charge in [0.05, 0.1) is 19.2 Å². The molecule has 2 aliphatic heterocycles. The molecule has 0 aliphatic carbocycles. The highest BCUT2D eigenvalue weighted by Gasteiger charge is 2.37. The summed E-state index contributed by atoms with van der Waals surface area (Å²) >= 11 is 0. The third-order valence-electron chi connectivity index (χ3n) is 6.75. The van der Waals surface area contributed by atoms with Crippen molar-refractivity contribution in [3.05, 3.63) is 46.9 Å². The maximum Gasteiger partial charge on any atom is 0.273 e. The number of aromatic nitrogens is 2. The fourth-order valence-electron chi connectivity index (χ4n) is 4.81. The lowest BCUT2D eigenvalue weighted by molar-refractivity contribution is -0.129. The zero-order chi connectivity index (χ0) is 26.0. The third kappa shape index (κ3) is 5.59. The Hall–Kier alpha value is -3.27. The molecule has 0 spiro atoms. The van der Waals surface area contributed by atoms with Crippen LogP contribution in [0, 0.1) is 5.82 Å². The number of hydrogen-bond acceptors (Lipinski definition) is 7. The molecule has 1 fully saturated rings. The summed E-state index contributed by atoms with van der Waals surface area (Å²) in [7, 11) is 1.62. The van der Waals surface area contributed by atoms with Crippen molar-refractivity contribution in [1.82, 2.24) is 19.8 Å². The van der Waals surface area contributed by atoms with Gasteiger partial charge >= 0.3 is 0 Å². The van der Waals surface area contributed by atoms with Crippen LogP contribution in [0.25, 0.3) is 0 Å². The Morgan fingerprint density at radius 3 is 2.44 bits per heavy atom. The number of fused-ring (bicyclic) bond motifs is 1. The Morgan fingerprint density at radius 1 is 1.17 bits per heavy atom. The molecule has 1 N–H and O–H groups in total. The van der Waals surface area contributed by atoms with Gasteiger partial charge in [0.15, 0.2) is 0 Å². The summed E-state index contributed by atoms with van der Waals surface area (Å²) in [6.07, 6.45) is 0.635. The second-order valence-electron chi connectivity index (χ2n) is 10.2. The van der Waals surface area contributed by atoms with E-state index < -0.39 is 5.54 Å². The first-order valence-electron chi connectivity index (χ1n) is 12.3. The predicted molar refractivity (Wildman–Crippen MR) is 136 cm³/mol. The van der Waals surface area contributed by atoms with E-state index >= 15 is 0 Å². The van der Waals surface area contributed by atoms with Crippen molar-refractivity contribution in [2.24, 2.45) is 0 Å². The van der Waals surface area contributed by atoms with E-state index in [1.54, 1.807) is 36.0 Å². The molecule has 0 bridgehead atoms. The Labute approximate surface area is 211 Å². The maximum absolute atomic E-state index is 13.4. The topological polar surface area (TPSA) is 90.9 Å². The minimum atomic E-state index is -0.431. The summed E-state index contributed by atoms with van der Waals surface area (Å²) in [5.74, 6) is 0.743. The SMILES string of the molecule is COCC(C)N1Cc2c(NC(C)(C)Cc3ccc(F)cc3)nc(N3CCN(C(C)=O)CC3)nc2C1=O. The van der Waals surface area contributed by atoms with Crippen LogP contribution in [0.5, 0.6) is 0 Å². The van der Waals surface area contributed by atoms with Gasteiger partial charge in [-0.15, -0.1) is 0 Å². The molecular formula is C26H35FN6O3. The summed E-state index contributed by atoms with van der Waals surface area (Å²) in [6, 6.07) is 6.36. The molecule has 2 aliphatic rings. The summed E-state index contributed by atoms with van der Waals surface area (Å²) < 4.78 is 18.7. The number of amides is 2. The standard InChI is InChI=1S/C26H35FN6O3/c1-17(16-36-5)33-15-21-22(24(33)35)28-25(32-12-10-31(11-13-32)18(2)34)29-23(21)30-26(3,4)14-19-6-8-20(27)9-7-19/h6-9,17H,10-16H2,1-5H3,(H,28,29,30). The number of nitrogens with zero attached hydrogens (tertiary/aromatic N) is 5. The molecule has 10 heteroatoms. The number of methoxy groups -OCH3 is 1. The van der Waals surface area contributed by atoms with E-state index in [1.165, 1.54) is 12.1 Å². The molecule has 0 saturated carbocycles. The van der Waals surface area contributed by atoms with Gasteiger partial charge in [0.1, 0.15) is 17.3 Å². The molecular weight excluding hydrogens is 463 g/mol. The van der Waals surface area contributed by atoms with Gasteiger partial charge in [-0.25, -0.2) is 9.37 Å². The van der Waals surface area contributed by atoms with Crippen LogP contribution in [0.4, 0.5) is 16.2 Å². The molecule has 1 saturated heterocycles. The fraction of sp³-hybridized carbons (Fsp3) is 0.538. The van der Waals surface area contributed by atoms with Gasteiger partial charge in [-0.05, 0) is 44.9 Å². The smallest absolute Gasteiger partial charge is 0.273 e. The number of nitrogens with one attached hydrogen (secondary N) is 1. The largest absolute Gasteiger partial charge is 0.383 e. The normalized spacial score (nSPS) is 16.8. The van der Waals surface area contributed by atoms with Crippen LogP contribution in [-0.2, 0) is 22.5 Å². The van der Waals surface area contributed by atoms with Crippen LogP contribution in [-0.4, -0.2) is 83.1 Å². The number of anilines is 2. The van der Waals surface area contributed by atoms with Crippen LogP contribution in [0.1, 0.15) is 49.3 Å². The molecule has 1 aromatic heterocycles. The van der Waals surface area contributed by atoms with E-state index in [-0.39, 0.29) is 23.7 Å². The van der Waals surface area contributed by atoms with Crippen molar-refractivity contribution in [1.29, 1.82) is 0 Å². The Morgan fingerprint density at radius 2 is 1.83 bits per heavy atom. The number of rotatable bonds is 8. The van der Waals surface area contributed by atoms with Gasteiger partial charge in [-0.1, -0.05) is 12.1 Å². The predicted octanol–water partition coefficient (Wildman–Crippen LogP) is 2.71. The number of carbonyl (C=O) groups is 2. The number of hydrogen-bond donors (Lipinski definition) is 1. The lowest BCUT2D eigenvalue weighted by Crippen LogP contribution is -2.48. The van der Waals surface area contributed by atoms with Crippen molar-refractivity contribution in [2.45, 2.75) is 52.2 Å². The van der Waals surface area contributed by atoms with E-state index in [9.17, 15) is 14.0 Å².